The lowest BCUT2D eigenvalue weighted by Gasteiger charge is -2.08. The predicted molar refractivity (Wildman–Crippen MR) is 78.6 cm³/mol. The lowest BCUT2D eigenvalue weighted by molar-refractivity contribution is -0.120. The Balaban J connectivity index is 1.93. The first-order valence-electron chi connectivity index (χ1n) is 7.01. The van der Waals surface area contributed by atoms with Gasteiger partial charge < -0.3 is 14.8 Å². The van der Waals surface area contributed by atoms with Crippen molar-refractivity contribution in [3.8, 4) is 0 Å². The molecule has 0 aliphatic rings. The van der Waals surface area contributed by atoms with Gasteiger partial charge in [0.05, 0.1) is 18.8 Å². The molecule has 1 aromatic carbocycles. The second-order valence-electron chi connectivity index (χ2n) is 5.14. The molecule has 4 nitrogen and oxygen atoms in total. The Morgan fingerprint density at radius 2 is 2.25 bits per heavy atom. The number of aliphatic hydroxyl groups is 1. The van der Waals surface area contributed by atoms with Gasteiger partial charge >= 0.3 is 0 Å². The zero-order valence-electron chi connectivity index (χ0n) is 12.0. The van der Waals surface area contributed by atoms with Crippen LogP contribution in [0.25, 0.3) is 11.0 Å². The SMILES string of the molecule is CCC(O)CCNC(=O)Cc1coc2cc(C)ccc12. The fourth-order valence-corrected chi connectivity index (χ4v) is 2.15. The predicted octanol–water partition coefficient (Wildman–Crippen LogP) is 2.56. The fourth-order valence-electron chi connectivity index (χ4n) is 2.15. The first-order chi connectivity index (χ1) is 9.60. The van der Waals surface area contributed by atoms with Crippen LogP contribution in [0.2, 0.25) is 0 Å². The molecule has 4 heteroatoms. The lowest BCUT2D eigenvalue weighted by Crippen LogP contribution is -2.28. The summed E-state index contributed by atoms with van der Waals surface area (Å²) in [5, 5.41) is 13.2. The van der Waals surface area contributed by atoms with Gasteiger partial charge in [-0.1, -0.05) is 19.1 Å². The highest BCUT2D eigenvalue weighted by atomic mass is 16.3. The van der Waals surface area contributed by atoms with E-state index in [0.717, 1.165) is 22.1 Å². The molecule has 0 bridgehead atoms. The number of amides is 1. The van der Waals surface area contributed by atoms with Crippen molar-refractivity contribution < 1.29 is 14.3 Å². The highest BCUT2D eigenvalue weighted by Crippen LogP contribution is 2.22. The van der Waals surface area contributed by atoms with Crippen molar-refractivity contribution in [2.75, 3.05) is 6.54 Å². The van der Waals surface area contributed by atoms with Crippen molar-refractivity contribution in [3.63, 3.8) is 0 Å². The molecule has 0 saturated carbocycles. The summed E-state index contributed by atoms with van der Waals surface area (Å²) in [6, 6.07) is 5.96. The van der Waals surface area contributed by atoms with Gasteiger partial charge in [0.1, 0.15) is 5.58 Å². The summed E-state index contributed by atoms with van der Waals surface area (Å²) < 4.78 is 5.47. The molecule has 0 aliphatic heterocycles. The first-order valence-corrected chi connectivity index (χ1v) is 7.01. The monoisotopic (exact) mass is 275 g/mol. The fraction of sp³-hybridized carbons (Fsp3) is 0.438. The minimum atomic E-state index is -0.340. The molecule has 20 heavy (non-hydrogen) atoms. The summed E-state index contributed by atoms with van der Waals surface area (Å²) in [6.45, 7) is 4.43. The van der Waals surface area contributed by atoms with E-state index >= 15 is 0 Å². The molecular formula is C16H21NO3. The highest BCUT2D eigenvalue weighted by molar-refractivity contribution is 5.87. The molecule has 1 atom stereocenters. The van der Waals surface area contributed by atoms with E-state index in [1.54, 1.807) is 6.26 Å². The number of hydrogen-bond donors (Lipinski definition) is 2. The largest absolute Gasteiger partial charge is 0.464 e. The van der Waals surface area contributed by atoms with Crippen LogP contribution in [-0.2, 0) is 11.2 Å². The Hall–Kier alpha value is -1.81. The van der Waals surface area contributed by atoms with E-state index < -0.39 is 0 Å². The summed E-state index contributed by atoms with van der Waals surface area (Å²) in [4.78, 5) is 11.9. The Bertz CT molecular complexity index is 588. The summed E-state index contributed by atoms with van der Waals surface area (Å²) in [5.74, 6) is -0.0448. The zero-order chi connectivity index (χ0) is 14.5. The van der Waals surface area contributed by atoms with E-state index in [9.17, 15) is 9.90 Å². The number of nitrogens with one attached hydrogen (secondary N) is 1. The molecule has 2 aromatic rings. The Morgan fingerprint density at radius 1 is 1.45 bits per heavy atom. The second-order valence-corrected chi connectivity index (χ2v) is 5.14. The van der Waals surface area contributed by atoms with Crippen LogP contribution in [0, 0.1) is 6.92 Å². The van der Waals surface area contributed by atoms with Gasteiger partial charge in [-0.05, 0) is 31.4 Å². The third kappa shape index (κ3) is 3.61. The average molecular weight is 275 g/mol. The van der Waals surface area contributed by atoms with E-state index in [1.807, 2.05) is 32.0 Å². The standard InChI is InChI=1S/C16H21NO3/c1-3-13(18)6-7-17-16(19)9-12-10-20-15-8-11(2)4-5-14(12)15/h4-5,8,10,13,18H,3,6-7,9H2,1-2H3,(H,17,19). The molecule has 0 spiro atoms. The van der Waals surface area contributed by atoms with Crippen molar-refractivity contribution in [3.05, 3.63) is 35.6 Å². The topological polar surface area (TPSA) is 62.5 Å². The van der Waals surface area contributed by atoms with Crippen molar-refractivity contribution in [2.24, 2.45) is 0 Å². The molecular weight excluding hydrogens is 254 g/mol. The smallest absolute Gasteiger partial charge is 0.224 e. The maximum Gasteiger partial charge on any atom is 0.224 e. The Kier molecular flexibility index (Phi) is 4.79. The van der Waals surface area contributed by atoms with Crippen LogP contribution in [0.1, 0.15) is 30.9 Å². The lowest BCUT2D eigenvalue weighted by atomic mass is 10.1. The molecule has 0 saturated heterocycles. The third-order valence-corrected chi connectivity index (χ3v) is 3.43. The number of carbonyl (C=O) groups is 1. The van der Waals surface area contributed by atoms with Gasteiger partial charge in [-0.25, -0.2) is 0 Å². The van der Waals surface area contributed by atoms with Crippen LogP contribution in [0.15, 0.2) is 28.9 Å². The highest BCUT2D eigenvalue weighted by Gasteiger charge is 2.10. The summed E-state index contributed by atoms with van der Waals surface area (Å²) in [6.07, 6.45) is 2.91. The quantitative estimate of drug-likeness (QED) is 0.851. The van der Waals surface area contributed by atoms with E-state index in [1.165, 1.54) is 0 Å². The third-order valence-electron chi connectivity index (χ3n) is 3.43. The number of hydrogen-bond acceptors (Lipinski definition) is 3. The van der Waals surface area contributed by atoms with E-state index in [2.05, 4.69) is 5.32 Å². The van der Waals surface area contributed by atoms with Crippen LogP contribution >= 0.6 is 0 Å². The Labute approximate surface area is 118 Å². The normalized spacial score (nSPS) is 12.6. The van der Waals surface area contributed by atoms with Crippen molar-refractivity contribution >= 4 is 16.9 Å². The molecule has 0 fully saturated rings. The van der Waals surface area contributed by atoms with Crippen LogP contribution < -0.4 is 5.32 Å². The number of rotatable bonds is 6. The van der Waals surface area contributed by atoms with Gasteiger partial charge in [0.2, 0.25) is 5.91 Å². The average Bonchev–Trinajstić information content (AvgIpc) is 2.80. The number of fused-ring (bicyclic) bond motifs is 1. The van der Waals surface area contributed by atoms with Crippen LogP contribution in [0.3, 0.4) is 0 Å². The van der Waals surface area contributed by atoms with Gasteiger partial charge in [0.15, 0.2) is 0 Å². The molecule has 2 rings (SSSR count). The molecule has 1 aromatic heterocycles. The number of furan rings is 1. The number of benzene rings is 1. The maximum absolute atomic E-state index is 11.9. The first kappa shape index (κ1) is 14.6. The van der Waals surface area contributed by atoms with E-state index in [0.29, 0.717) is 25.8 Å². The van der Waals surface area contributed by atoms with Gasteiger partial charge in [-0.2, -0.15) is 0 Å². The van der Waals surface area contributed by atoms with Crippen LogP contribution in [0.4, 0.5) is 0 Å². The van der Waals surface area contributed by atoms with Crippen molar-refractivity contribution in [1.82, 2.24) is 5.32 Å². The number of aryl methyl sites for hydroxylation is 1. The van der Waals surface area contributed by atoms with Gasteiger partial charge in [-0.3, -0.25) is 4.79 Å². The Morgan fingerprint density at radius 3 is 3.00 bits per heavy atom. The van der Waals surface area contributed by atoms with Crippen molar-refractivity contribution in [1.29, 1.82) is 0 Å². The molecule has 1 heterocycles. The summed E-state index contributed by atoms with van der Waals surface area (Å²) in [7, 11) is 0. The summed E-state index contributed by atoms with van der Waals surface area (Å²) in [5.41, 5.74) is 2.85. The molecule has 2 N–H and O–H groups in total. The molecule has 0 aliphatic carbocycles. The maximum atomic E-state index is 11.9. The van der Waals surface area contributed by atoms with Gasteiger partial charge in [-0.15, -0.1) is 0 Å². The minimum absolute atomic E-state index is 0.0448. The van der Waals surface area contributed by atoms with Crippen LogP contribution in [-0.4, -0.2) is 23.7 Å². The zero-order valence-corrected chi connectivity index (χ0v) is 12.0. The summed E-state index contributed by atoms with van der Waals surface area (Å²) >= 11 is 0. The van der Waals surface area contributed by atoms with Crippen molar-refractivity contribution in [2.45, 2.75) is 39.2 Å². The minimum Gasteiger partial charge on any atom is -0.464 e. The van der Waals surface area contributed by atoms with E-state index in [4.69, 9.17) is 4.42 Å². The molecule has 0 radical (unpaired) electrons. The van der Waals surface area contributed by atoms with E-state index in [-0.39, 0.29) is 12.0 Å². The van der Waals surface area contributed by atoms with Gasteiger partial charge in [0.25, 0.3) is 0 Å². The number of carbonyl (C=O) groups excluding carboxylic acids is 1. The van der Waals surface area contributed by atoms with Crippen LogP contribution in [0.5, 0.6) is 0 Å². The second kappa shape index (κ2) is 6.57. The molecule has 1 amide bonds. The van der Waals surface area contributed by atoms with Gasteiger partial charge in [0, 0.05) is 17.5 Å². The molecule has 108 valence electrons. The number of aliphatic hydroxyl groups excluding tert-OH is 1. The molecule has 1 unspecified atom stereocenters.